The molecular weight excluding hydrogens is 355 g/mol. The molecule has 6 nitrogen and oxygen atoms in total. The van der Waals surface area contributed by atoms with Gasteiger partial charge in [-0.1, -0.05) is 23.5 Å². The highest BCUT2D eigenvalue weighted by atomic mass is 32.1. The number of aromatic nitrogens is 2. The van der Waals surface area contributed by atoms with E-state index in [0.717, 1.165) is 28.8 Å². The van der Waals surface area contributed by atoms with Gasteiger partial charge in [-0.3, -0.25) is 4.79 Å². The first-order valence-electron chi connectivity index (χ1n) is 8.32. The fourth-order valence-corrected chi connectivity index (χ4v) is 3.81. The maximum Gasteiger partial charge on any atom is 0.257 e. The summed E-state index contributed by atoms with van der Waals surface area (Å²) in [5.74, 6) is -0.248. The number of carbonyl (C=O) groups is 1. The summed E-state index contributed by atoms with van der Waals surface area (Å²) in [4.78, 5) is 16.3. The number of amides is 1. The summed E-state index contributed by atoms with van der Waals surface area (Å²) in [7, 11) is 0. The zero-order valence-corrected chi connectivity index (χ0v) is 14.8. The van der Waals surface area contributed by atoms with Crippen LogP contribution in [-0.2, 0) is 6.42 Å². The normalized spacial score (nSPS) is 14.7. The number of carbonyl (C=O) groups excluding carboxylic acids is 1. The van der Waals surface area contributed by atoms with Crippen LogP contribution in [-0.4, -0.2) is 47.2 Å². The second-order valence-electron chi connectivity index (χ2n) is 6.07. The molecule has 8 heteroatoms. The summed E-state index contributed by atoms with van der Waals surface area (Å²) in [5.41, 5.74) is 1.58. The van der Waals surface area contributed by atoms with E-state index in [1.807, 2.05) is 4.90 Å². The summed E-state index contributed by atoms with van der Waals surface area (Å²) >= 11 is 1.54. The van der Waals surface area contributed by atoms with Crippen molar-refractivity contribution in [3.05, 3.63) is 64.8 Å². The van der Waals surface area contributed by atoms with Gasteiger partial charge >= 0.3 is 0 Å². The molecule has 4 rings (SSSR count). The van der Waals surface area contributed by atoms with Crippen LogP contribution in [0.15, 0.2) is 47.3 Å². The minimum atomic E-state index is -0.241. The van der Waals surface area contributed by atoms with Crippen molar-refractivity contribution in [3.63, 3.8) is 0 Å². The summed E-state index contributed by atoms with van der Waals surface area (Å²) in [6, 6.07) is 8.11. The van der Waals surface area contributed by atoms with Crippen LogP contribution >= 0.6 is 11.3 Å². The molecule has 0 atom stereocenters. The highest BCUT2D eigenvalue weighted by Gasteiger charge is 2.24. The molecule has 26 heavy (non-hydrogen) atoms. The van der Waals surface area contributed by atoms with Gasteiger partial charge in [-0.25, -0.2) is 4.39 Å². The fraction of sp³-hybridized carbons (Fsp3) is 0.278. The van der Waals surface area contributed by atoms with Gasteiger partial charge in [-0.2, -0.15) is 0 Å². The van der Waals surface area contributed by atoms with Gasteiger partial charge in [0.1, 0.15) is 17.1 Å². The Morgan fingerprint density at radius 1 is 1.12 bits per heavy atom. The Labute approximate surface area is 153 Å². The smallest absolute Gasteiger partial charge is 0.257 e. The van der Waals surface area contributed by atoms with Gasteiger partial charge < -0.3 is 14.2 Å². The van der Waals surface area contributed by atoms with E-state index in [4.69, 9.17) is 4.42 Å². The van der Waals surface area contributed by atoms with Crippen molar-refractivity contribution in [2.75, 3.05) is 31.1 Å². The van der Waals surface area contributed by atoms with Crippen molar-refractivity contribution in [3.8, 4) is 0 Å². The van der Waals surface area contributed by atoms with Crippen LogP contribution in [0.4, 0.5) is 9.52 Å². The Balaban J connectivity index is 1.35. The lowest BCUT2D eigenvalue weighted by Crippen LogP contribution is -2.48. The maximum atomic E-state index is 13.0. The lowest BCUT2D eigenvalue weighted by molar-refractivity contribution is 0.0746. The van der Waals surface area contributed by atoms with E-state index in [-0.39, 0.29) is 11.7 Å². The molecule has 0 saturated carbocycles. The third-order valence-electron chi connectivity index (χ3n) is 4.33. The average molecular weight is 372 g/mol. The monoisotopic (exact) mass is 372 g/mol. The molecule has 1 aliphatic rings. The Bertz CT molecular complexity index is 871. The van der Waals surface area contributed by atoms with Crippen LogP contribution < -0.4 is 4.90 Å². The summed E-state index contributed by atoms with van der Waals surface area (Å²) < 4.78 is 18.0. The Hall–Kier alpha value is -2.74. The SMILES string of the molecule is O=C(c1ccoc1)N1CCN(c2nnc(Cc3ccc(F)cc3)s2)CC1. The number of halogens is 1. The number of hydrogen-bond acceptors (Lipinski definition) is 6. The number of furan rings is 1. The van der Waals surface area contributed by atoms with E-state index in [9.17, 15) is 9.18 Å². The van der Waals surface area contributed by atoms with Gasteiger partial charge in [0.05, 0.1) is 11.8 Å². The van der Waals surface area contributed by atoms with E-state index < -0.39 is 0 Å². The molecule has 1 aromatic carbocycles. The second-order valence-corrected chi connectivity index (χ2v) is 7.11. The molecule has 134 valence electrons. The van der Waals surface area contributed by atoms with Crippen molar-refractivity contribution in [2.24, 2.45) is 0 Å². The molecule has 0 N–H and O–H groups in total. The minimum absolute atomic E-state index is 0.00679. The van der Waals surface area contributed by atoms with Gasteiger partial charge in [0.25, 0.3) is 5.91 Å². The van der Waals surface area contributed by atoms with E-state index in [1.54, 1.807) is 18.2 Å². The third-order valence-corrected chi connectivity index (χ3v) is 5.31. The van der Waals surface area contributed by atoms with Crippen molar-refractivity contribution < 1.29 is 13.6 Å². The highest BCUT2D eigenvalue weighted by molar-refractivity contribution is 7.15. The van der Waals surface area contributed by atoms with E-state index in [1.165, 1.54) is 36.0 Å². The minimum Gasteiger partial charge on any atom is -0.472 e. The topological polar surface area (TPSA) is 62.5 Å². The maximum absolute atomic E-state index is 13.0. The standard InChI is InChI=1S/C18H17FN4O2S/c19-15-3-1-13(2-4-15)11-16-20-21-18(26-16)23-8-6-22(7-9-23)17(24)14-5-10-25-12-14/h1-5,10,12H,6-9,11H2. The lowest BCUT2D eigenvalue weighted by Gasteiger charge is -2.34. The zero-order chi connectivity index (χ0) is 17.9. The molecule has 1 saturated heterocycles. The van der Waals surface area contributed by atoms with E-state index in [0.29, 0.717) is 25.1 Å². The van der Waals surface area contributed by atoms with Crippen LogP contribution in [0.25, 0.3) is 0 Å². The number of rotatable bonds is 4. The van der Waals surface area contributed by atoms with Crippen molar-refractivity contribution in [1.82, 2.24) is 15.1 Å². The van der Waals surface area contributed by atoms with E-state index in [2.05, 4.69) is 15.1 Å². The van der Waals surface area contributed by atoms with Gasteiger partial charge in [-0.05, 0) is 23.8 Å². The van der Waals surface area contributed by atoms with Gasteiger partial charge in [-0.15, -0.1) is 10.2 Å². The predicted octanol–water partition coefficient (Wildman–Crippen LogP) is 2.82. The summed E-state index contributed by atoms with van der Waals surface area (Å²) in [6.07, 6.45) is 3.62. The highest BCUT2D eigenvalue weighted by Crippen LogP contribution is 2.24. The van der Waals surface area contributed by atoms with Crippen LogP contribution in [0.3, 0.4) is 0 Å². The van der Waals surface area contributed by atoms with Gasteiger partial charge in [0.2, 0.25) is 5.13 Å². The molecule has 0 aliphatic carbocycles. The number of hydrogen-bond donors (Lipinski definition) is 0. The largest absolute Gasteiger partial charge is 0.472 e. The molecular formula is C18H17FN4O2S. The third kappa shape index (κ3) is 3.60. The number of piperazine rings is 1. The number of anilines is 1. The number of benzene rings is 1. The first-order chi connectivity index (χ1) is 12.7. The molecule has 3 heterocycles. The van der Waals surface area contributed by atoms with Crippen LogP contribution in [0, 0.1) is 5.82 Å². The first-order valence-corrected chi connectivity index (χ1v) is 9.14. The lowest BCUT2D eigenvalue weighted by atomic mass is 10.2. The molecule has 1 aliphatic heterocycles. The summed E-state index contributed by atoms with van der Waals surface area (Å²) in [5, 5.41) is 10.3. The molecule has 3 aromatic rings. The Morgan fingerprint density at radius 2 is 1.88 bits per heavy atom. The summed E-state index contributed by atoms with van der Waals surface area (Å²) in [6.45, 7) is 2.71. The van der Waals surface area contributed by atoms with Crippen LogP contribution in [0.1, 0.15) is 20.9 Å². The molecule has 0 unspecified atom stereocenters. The van der Waals surface area contributed by atoms with Crippen molar-refractivity contribution >= 4 is 22.4 Å². The quantitative estimate of drug-likeness (QED) is 0.705. The van der Waals surface area contributed by atoms with Crippen molar-refractivity contribution in [2.45, 2.75) is 6.42 Å². The van der Waals surface area contributed by atoms with Crippen LogP contribution in [0.2, 0.25) is 0 Å². The molecule has 1 amide bonds. The molecule has 0 radical (unpaired) electrons. The van der Waals surface area contributed by atoms with Gasteiger partial charge in [0.15, 0.2) is 0 Å². The Morgan fingerprint density at radius 3 is 2.58 bits per heavy atom. The molecule has 0 spiro atoms. The van der Waals surface area contributed by atoms with Crippen LogP contribution in [0.5, 0.6) is 0 Å². The predicted molar refractivity (Wildman–Crippen MR) is 95.9 cm³/mol. The fourth-order valence-electron chi connectivity index (χ4n) is 2.89. The second kappa shape index (κ2) is 7.25. The first kappa shape index (κ1) is 16.7. The average Bonchev–Trinajstić information content (AvgIpc) is 3.35. The van der Waals surface area contributed by atoms with Gasteiger partial charge in [0, 0.05) is 32.6 Å². The molecule has 1 fully saturated rings. The zero-order valence-electron chi connectivity index (χ0n) is 14.0. The number of nitrogens with zero attached hydrogens (tertiary/aromatic N) is 4. The molecule has 0 bridgehead atoms. The Kier molecular flexibility index (Phi) is 4.66. The van der Waals surface area contributed by atoms with Crippen molar-refractivity contribution in [1.29, 1.82) is 0 Å². The molecule has 2 aromatic heterocycles. The van der Waals surface area contributed by atoms with E-state index >= 15 is 0 Å².